The first-order valence-electron chi connectivity index (χ1n) is 7.31. The molecule has 0 aromatic rings. The summed E-state index contributed by atoms with van der Waals surface area (Å²) in [5.74, 6) is -1.66. The van der Waals surface area contributed by atoms with Gasteiger partial charge in [0.1, 0.15) is 0 Å². The largest absolute Gasteiger partial charge is 0.481 e. The van der Waals surface area contributed by atoms with E-state index >= 15 is 0 Å². The second-order valence-corrected chi connectivity index (χ2v) is 5.79. The highest BCUT2D eigenvalue weighted by molar-refractivity contribution is 5.89. The maximum atomic E-state index is 12.2. The highest BCUT2D eigenvalue weighted by atomic mass is 16.5. The second-order valence-electron chi connectivity index (χ2n) is 5.79. The van der Waals surface area contributed by atoms with Crippen molar-refractivity contribution in [2.24, 2.45) is 11.8 Å². The van der Waals surface area contributed by atoms with Gasteiger partial charge in [0.2, 0.25) is 11.8 Å². The van der Waals surface area contributed by atoms with E-state index in [1.165, 1.54) is 0 Å². The van der Waals surface area contributed by atoms with Crippen molar-refractivity contribution < 1.29 is 24.2 Å². The summed E-state index contributed by atoms with van der Waals surface area (Å²) in [6, 6.07) is -0.0817. The van der Waals surface area contributed by atoms with Gasteiger partial charge in [-0.15, -0.1) is 0 Å². The summed E-state index contributed by atoms with van der Waals surface area (Å²) in [6.45, 7) is 1.38. The number of carboxylic acids is 1. The number of carbonyl (C=O) groups is 3. The van der Waals surface area contributed by atoms with E-state index < -0.39 is 5.97 Å². The van der Waals surface area contributed by atoms with Gasteiger partial charge in [0.15, 0.2) is 0 Å². The van der Waals surface area contributed by atoms with Gasteiger partial charge in [-0.25, -0.2) is 0 Å². The van der Waals surface area contributed by atoms with Gasteiger partial charge >= 0.3 is 5.97 Å². The van der Waals surface area contributed by atoms with Crippen molar-refractivity contribution >= 4 is 17.8 Å². The first kappa shape index (κ1) is 15.8. The van der Waals surface area contributed by atoms with Crippen LogP contribution >= 0.6 is 0 Å². The summed E-state index contributed by atoms with van der Waals surface area (Å²) >= 11 is 0. The lowest BCUT2D eigenvalue weighted by Gasteiger charge is -2.17. The van der Waals surface area contributed by atoms with Gasteiger partial charge in [-0.3, -0.25) is 14.4 Å². The smallest absolute Gasteiger partial charge is 0.306 e. The minimum atomic E-state index is -0.798. The van der Waals surface area contributed by atoms with E-state index in [1.54, 1.807) is 12.0 Å². The van der Waals surface area contributed by atoms with Gasteiger partial charge in [0.25, 0.3) is 0 Å². The Balaban J connectivity index is 1.79. The molecule has 1 saturated heterocycles. The molecule has 1 aliphatic heterocycles. The van der Waals surface area contributed by atoms with E-state index in [4.69, 9.17) is 9.84 Å². The van der Waals surface area contributed by atoms with Crippen molar-refractivity contribution in [2.75, 3.05) is 26.8 Å². The molecular formula is C14H22N2O5. The van der Waals surface area contributed by atoms with E-state index in [1.807, 2.05) is 0 Å². The second kappa shape index (κ2) is 6.89. The molecule has 2 N–H and O–H groups in total. The number of aliphatic carboxylic acids is 1. The van der Waals surface area contributed by atoms with Gasteiger partial charge < -0.3 is 20.1 Å². The Morgan fingerprint density at radius 2 is 2.14 bits per heavy atom. The van der Waals surface area contributed by atoms with E-state index in [-0.39, 0.29) is 36.1 Å². The molecule has 0 bridgehead atoms. The maximum absolute atomic E-state index is 12.2. The van der Waals surface area contributed by atoms with Crippen LogP contribution in [0, 0.1) is 11.8 Å². The SMILES string of the molecule is COCCN1CC(C(=O)NC2CCC(C(=O)O)C2)CC1=O. The Labute approximate surface area is 123 Å². The monoisotopic (exact) mass is 298 g/mol. The van der Waals surface area contributed by atoms with E-state index in [0.717, 1.165) is 0 Å². The summed E-state index contributed by atoms with van der Waals surface area (Å²) in [4.78, 5) is 36.5. The van der Waals surface area contributed by atoms with Gasteiger partial charge in [0.05, 0.1) is 18.4 Å². The number of methoxy groups -OCH3 is 1. The number of carboxylic acid groups (broad SMARTS) is 1. The Hall–Kier alpha value is -1.63. The third-order valence-electron chi connectivity index (χ3n) is 4.28. The highest BCUT2D eigenvalue weighted by Gasteiger charge is 2.36. The molecule has 2 fully saturated rings. The standard InChI is InChI=1S/C14H22N2O5/c1-21-5-4-16-8-10(7-12(16)17)13(18)15-11-3-2-9(6-11)14(19)20/h9-11H,2-8H2,1H3,(H,15,18)(H,19,20). The third kappa shape index (κ3) is 3.93. The van der Waals surface area contributed by atoms with Crippen molar-refractivity contribution in [3.05, 3.63) is 0 Å². The van der Waals surface area contributed by atoms with E-state index in [9.17, 15) is 14.4 Å². The first-order chi connectivity index (χ1) is 10.0. The zero-order valence-corrected chi connectivity index (χ0v) is 12.2. The molecule has 0 spiro atoms. The molecule has 3 unspecified atom stereocenters. The van der Waals surface area contributed by atoms with Crippen LogP contribution < -0.4 is 5.32 Å². The molecule has 3 atom stereocenters. The fourth-order valence-electron chi connectivity index (χ4n) is 3.02. The minimum absolute atomic E-state index is 0.0259. The lowest BCUT2D eigenvalue weighted by atomic mass is 10.1. The van der Waals surface area contributed by atoms with E-state index in [0.29, 0.717) is 39.0 Å². The molecule has 2 amide bonds. The van der Waals surface area contributed by atoms with Crippen LogP contribution in [0.3, 0.4) is 0 Å². The zero-order chi connectivity index (χ0) is 15.4. The van der Waals surface area contributed by atoms with Crippen molar-refractivity contribution in [1.29, 1.82) is 0 Å². The van der Waals surface area contributed by atoms with Crippen LogP contribution in [0.2, 0.25) is 0 Å². The number of nitrogens with one attached hydrogen (secondary N) is 1. The van der Waals surface area contributed by atoms with Gasteiger partial charge in [-0.1, -0.05) is 0 Å². The van der Waals surface area contributed by atoms with Crippen LogP contribution in [0.15, 0.2) is 0 Å². The average molecular weight is 298 g/mol. The molecule has 7 heteroatoms. The first-order valence-corrected chi connectivity index (χ1v) is 7.31. The predicted octanol–water partition coefficient (Wildman–Crippen LogP) is -0.149. The molecular weight excluding hydrogens is 276 g/mol. The van der Waals surface area contributed by atoms with Crippen LogP contribution in [-0.4, -0.2) is 60.6 Å². The van der Waals surface area contributed by atoms with Crippen molar-refractivity contribution in [1.82, 2.24) is 10.2 Å². The summed E-state index contributed by atoms with van der Waals surface area (Å²) in [5.41, 5.74) is 0. The number of hydrogen-bond acceptors (Lipinski definition) is 4. The van der Waals surface area contributed by atoms with Crippen LogP contribution in [0.25, 0.3) is 0 Å². The summed E-state index contributed by atoms with van der Waals surface area (Å²) in [5, 5.41) is 11.8. The normalized spacial score (nSPS) is 28.9. The van der Waals surface area contributed by atoms with E-state index in [2.05, 4.69) is 5.32 Å². The number of amides is 2. The number of nitrogens with zero attached hydrogens (tertiary/aromatic N) is 1. The molecule has 0 aromatic carbocycles. The third-order valence-corrected chi connectivity index (χ3v) is 4.28. The Morgan fingerprint density at radius 1 is 1.38 bits per heavy atom. The van der Waals surface area contributed by atoms with Gasteiger partial charge in [0, 0.05) is 32.7 Å². The van der Waals surface area contributed by atoms with Crippen molar-refractivity contribution in [3.63, 3.8) is 0 Å². The topological polar surface area (TPSA) is 95.9 Å². The van der Waals surface area contributed by atoms with Crippen LogP contribution in [-0.2, 0) is 19.1 Å². The molecule has 0 aromatic heterocycles. The van der Waals surface area contributed by atoms with Crippen LogP contribution in [0.4, 0.5) is 0 Å². The van der Waals surface area contributed by atoms with Gasteiger partial charge in [-0.2, -0.15) is 0 Å². The Kier molecular flexibility index (Phi) is 5.17. The molecule has 1 saturated carbocycles. The molecule has 2 rings (SSSR count). The number of ether oxygens (including phenoxy) is 1. The lowest BCUT2D eigenvalue weighted by Crippen LogP contribution is -2.39. The molecule has 2 aliphatic rings. The number of carbonyl (C=O) groups excluding carboxylic acids is 2. The zero-order valence-electron chi connectivity index (χ0n) is 12.2. The number of hydrogen-bond donors (Lipinski definition) is 2. The molecule has 118 valence electrons. The highest BCUT2D eigenvalue weighted by Crippen LogP contribution is 2.26. The molecule has 21 heavy (non-hydrogen) atoms. The molecule has 7 nitrogen and oxygen atoms in total. The number of rotatable bonds is 6. The van der Waals surface area contributed by atoms with Crippen LogP contribution in [0.5, 0.6) is 0 Å². The molecule has 0 radical (unpaired) electrons. The Morgan fingerprint density at radius 3 is 2.76 bits per heavy atom. The lowest BCUT2D eigenvalue weighted by molar-refractivity contribution is -0.141. The fraction of sp³-hybridized carbons (Fsp3) is 0.786. The average Bonchev–Trinajstić information content (AvgIpc) is 3.03. The predicted molar refractivity (Wildman–Crippen MR) is 73.5 cm³/mol. The van der Waals surface area contributed by atoms with Gasteiger partial charge in [-0.05, 0) is 19.3 Å². The summed E-state index contributed by atoms with van der Waals surface area (Å²) in [6.07, 6.45) is 2.00. The summed E-state index contributed by atoms with van der Waals surface area (Å²) in [7, 11) is 1.57. The van der Waals surface area contributed by atoms with Crippen molar-refractivity contribution in [2.45, 2.75) is 31.7 Å². The number of likely N-dealkylation sites (tertiary alicyclic amines) is 1. The fourth-order valence-corrected chi connectivity index (χ4v) is 3.02. The van der Waals surface area contributed by atoms with Crippen LogP contribution in [0.1, 0.15) is 25.7 Å². The molecule has 1 heterocycles. The Bertz CT molecular complexity index is 426. The van der Waals surface area contributed by atoms with Crippen molar-refractivity contribution in [3.8, 4) is 0 Å². The minimum Gasteiger partial charge on any atom is -0.481 e. The molecule has 1 aliphatic carbocycles. The maximum Gasteiger partial charge on any atom is 0.306 e. The summed E-state index contributed by atoms with van der Waals surface area (Å²) < 4.78 is 4.94. The quantitative estimate of drug-likeness (QED) is 0.711.